The Labute approximate surface area is 112 Å². The van der Waals surface area contributed by atoms with Crippen molar-refractivity contribution < 1.29 is 19.3 Å². The molecule has 1 saturated heterocycles. The highest BCUT2D eigenvalue weighted by molar-refractivity contribution is 5.52. The average Bonchev–Trinajstić information content (AvgIpc) is 2.85. The van der Waals surface area contributed by atoms with Crippen molar-refractivity contribution in [3.63, 3.8) is 0 Å². The monoisotopic (exact) mass is 265 g/mol. The van der Waals surface area contributed by atoms with Crippen LogP contribution in [0.4, 0.5) is 0 Å². The fourth-order valence-corrected chi connectivity index (χ4v) is 2.75. The lowest BCUT2D eigenvalue weighted by atomic mass is 9.87. The molecule has 1 aromatic carbocycles. The third-order valence-corrected chi connectivity index (χ3v) is 3.74. The van der Waals surface area contributed by atoms with Crippen molar-refractivity contribution in [2.45, 2.75) is 24.9 Å². The van der Waals surface area contributed by atoms with E-state index in [1.54, 1.807) is 7.11 Å². The number of rotatable bonds is 3. The van der Waals surface area contributed by atoms with Crippen molar-refractivity contribution in [2.24, 2.45) is 0 Å². The zero-order valence-electron chi connectivity index (χ0n) is 11.1. The minimum absolute atomic E-state index is 0.244. The Balaban J connectivity index is 1.87. The second-order valence-electron chi connectivity index (χ2n) is 5.20. The zero-order valence-corrected chi connectivity index (χ0v) is 11.1. The Bertz CT molecular complexity index is 469. The summed E-state index contributed by atoms with van der Waals surface area (Å²) in [6.45, 7) is 1.83. The van der Waals surface area contributed by atoms with Gasteiger partial charge in [-0.1, -0.05) is 0 Å². The van der Waals surface area contributed by atoms with Gasteiger partial charge in [0.15, 0.2) is 11.5 Å². The second-order valence-corrected chi connectivity index (χ2v) is 5.20. The van der Waals surface area contributed by atoms with Crippen molar-refractivity contribution in [1.29, 1.82) is 0 Å². The lowest BCUT2D eigenvalue weighted by Crippen LogP contribution is -2.47. The van der Waals surface area contributed by atoms with Gasteiger partial charge in [0.25, 0.3) is 0 Å². The van der Waals surface area contributed by atoms with Gasteiger partial charge >= 0.3 is 0 Å². The van der Waals surface area contributed by atoms with Crippen molar-refractivity contribution in [1.82, 2.24) is 5.32 Å². The van der Waals surface area contributed by atoms with Gasteiger partial charge in [-0.25, -0.2) is 0 Å². The van der Waals surface area contributed by atoms with Crippen LogP contribution in [-0.2, 0) is 6.42 Å². The third kappa shape index (κ3) is 2.48. The van der Waals surface area contributed by atoms with Gasteiger partial charge in [-0.05, 0) is 25.5 Å². The number of aliphatic hydroxyl groups is 1. The van der Waals surface area contributed by atoms with Gasteiger partial charge in [0.1, 0.15) is 5.75 Å². The molecule has 19 heavy (non-hydrogen) atoms. The van der Waals surface area contributed by atoms with Crippen LogP contribution in [0.3, 0.4) is 0 Å². The molecular weight excluding hydrogens is 246 g/mol. The summed E-state index contributed by atoms with van der Waals surface area (Å²) in [6, 6.07) is 3.74. The number of methoxy groups -OCH3 is 1. The number of hydrogen-bond acceptors (Lipinski definition) is 5. The number of piperidine rings is 1. The molecule has 104 valence electrons. The van der Waals surface area contributed by atoms with E-state index in [4.69, 9.17) is 14.2 Å². The van der Waals surface area contributed by atoms with Crippen LogP contribution >= 0.6 is 0 Å². The van der Waals surface area contributed by atoms with Crippen molar-refractivity contribution in [2.75, 3.05) is 27.0 Å². The molecule has 5 nitrogen and oxygen atoms in total. The molecule has 1 fully saturated rings. The summed E-state index contributed by atoms with van der Waals surface area (Å²) in [7, 11) is 1.63. The summed E-state index contributed by atoms with van der Waals surface area (Å²) in [5.41, 5.74) is 0.247. The van der Waals surface area contributed by atoms with E-state index in [0.717, 1.165) is 36.4 Å². The van der Waals surface area contributed by atoms with Crippen LogP contribution < -0.4 is 19.5 Å². The van der Waals surface area contributed by atoms with E-state index in [-0.39, 0.29) is 6.79 Å². The van der Waals surface area contributed by atoms with Gasteiger partial charge in [0, 0.05) is 24.6 Å². The van der Waals surface area contributed by atoms with Gasteiger partial charge in [-0.3, -0.25) is 0 Å². The summed E-state index contributed by atoms with van der Waals surface area (Å²) in [5, 5.41) is 13.8. The average molecular weight is 265 g/mol. The van der Waals surface area contributed by atoms with Gasteiger partial charge < -0.3 is 24.6 Å². The number of β-amino-alcohol motifs (C(OH)–C–C–N with tert-alkyl or cyclic N) is 1. The lowest BCUT2D eigenvalue weighted by molar-refractivity contribution is 0.0164. The van der Waals surface area contributed by atoms with Crippen LogP contribution in [0, 0.1) is 0 Å². The summed E-state index contributed by atoms with van der Waals surface area (Å²) in [4.78, 5) is 0. The Morgan fingerprint density at radius 1 is 1.37 bits per heavy atom. The number of hydrogen-bond donors (Lipinski definition) is 2. The summed E-state index contributed by atoms with van der Waals surface area (Å²) in [5.74, 6) is 2.17. The molecule has 2 heterocycles. The molecule has 0 aliphatic carbocycles. The fourth-order valence-electron chi connectivity index (χ4n) is 2.75. The highest BCUT2D eigenvalue weighted by atomic mass is 16.7. The molecule has 2 aliphatic heterocycles. The van der Waals surface area contributed by atoms with Gasteiger partial charge in [-0.15, -0.1) is 0 Å². The molecule has 0 spiro atoms. The molecule has 3 rings (SSSR count). The molecule has 1 unspecified atom stereocenters. The largest absolute Gasteiger partial charge is 0.496 e. The second kappa shape index (κ2) is 4.90. The van der Waals surface area contributed by atoms with Crippen molar-refractivity contribution in [3.05, 3.63) is 17.7 Å². The van der Waals surface area contributed by atoms with Gasteiger partial charge in [-0.2, -0.15) is 0 Å². The Kier molecular flexibility index (Phi) is 3.24. The predicted molar refractivity (Wildman–Crippen MR) is 69.9 cm³/mol. The van der Waals surface area contributed by atoms with Crippen molar-refractivity contribution >= 4 is 0 Å². The molecule has 0 saturated carbocycles. The normalized spacial score (nSPS) is 25.4. The molecule has 2 N–H and O–H groups in total. The first kappa shape index (κ1) is 12.6. The summed E-state index contributed by atoms with van der Waals surface area (Å²) >= 11 is 0. The van der Waals surface area contributed by atoms with E-state index in [1.165, 1.54) is 0 Å². The van der Waals surface area contributed by atoms with E-state index >= 15 is 0 Å². The van der Waals surface area contributed by atoms with Crippen LogP contribution in [0.15, 0.2) is 12.1 Å². The fraction of sp³-hybridized carbons (Fsp3) is 0.571. The van der Waals surface area contributed by atoms with E-state index in [0.29, 0.717) is 18.7 Å². The third-order valence-electron chi connectivity index (χ3n) is 3.74. The number of nitrogens with one attached hydrogen (secondary N) is 1. The number of ether oxygens (including phenoxy) is 3. The smallest absolute Gasteiger partial charge is 0.231 e. The highest BCUT2D eigenvalue weighted by Crippen LogP contribution is 2.39. The molecule has 0 radical (unpaired) electrons. The summed E-state index contributed by atoms with van der Waals surface area (Å²) < 4.78 is 16.1. The van der Waals surface area contributed by atoms with E-state index in [1.807, 2.05) is 12.1 Å². The van der Waals surface area contributed by atoms with Crippen LogP contribution in [0.1, 0.15) is 18.4 Å². The molecule has 0 aromatic heterocycles. The molecular formula is C14H19NO4. The minimum Gasteiger partial charge on any atom is -0.496 e. The first-order chi connectivity index (χ1) is 9.20. The number of fused-ring (bicyclic) bond motifs is 1. The van der Waals surface area contributed by atoms with Crippen LogP contribution in [0.5, 0.6) is 17.2 Å². The van der Waals surface area contributed by atoms with E-state index in [9.17, 15) is 5.11 Å². The Hall–Kier alpha value is -1.46. The van der Waals surface area contributed by atoms with Crippen LogP contribution in [0.25, 0.3) is 0 Å². The highest BCUT2D eigenvalue weighted by Gasteiger charge is 2.31. The van der Waals surface area contributed by atoms with E-state index in [2.05, 4.69) is 5.32 Å². The molecule has 1 aromatic rings. The van der Waals surface area contributed by atoms with Crippen molar-refractivity contribution in [3.8, 4) is 17.2 Å². The minimum atomic E-state index is -0.709. The molecule has 0 bridgehead atoms. The Morgan fingerprint density at radius 3 is 2.84 bits per heavy atom. The lowest BCUT2D eigenvalue weighted by Gasteiger charge is -2.33. The maximum absolute atomic E-state index is 10.6. The van der Waals surface area contributed by atoms with Crippen LogP contribution in [-0.4, -0.2) is 37.7 Å². The van der Waals surface area contributed by atoms with E-state index < -0.39 is 5.60 Å². The molecule has 1 atom stereocenters. The topological polar surface area (TPSA) is 60.0 Å². The first-order valence-electron chi connectivity index (χ1n) is 6.60. The SMILES string of the molecule is COc1cc2c(cc1CC1(O)CCCNC1)OCO2. The molecule has 5 heteroatoms. The first-order valence-corrected chi connectivity index (χ1v) is 6.60. The standard InChI is InChI=1S/C14H19NO4/c1-17-11-6-13-12(18-9-19-13)5-10(11)7-14(16)3-2-4-15-8-14/h5-6,15-16H,2-4,7-9H2,1H3. The zero-order chi connectivity index (χ0) is 13.3. The molecule has 2 aliphatic rings. The maximum atomic E-state index is 10.6. The summed E-state index contributed by atoms with van der Waals surface area (Å²) in [6.07, 6.45) is 2.35. The maximum Gasteiger partial charge on any atom is 0.231 e. The van der Waals surface area contributed by atoms with Gasteiger partial charge in [0.2, 0.25) is 6.79 Å². The Morgan fingerprint density at radius 2 is 2.16 bits per heavy atom. The van der Waals surface area contributed by atoms with Crippen LogP contribution in [0.2, 0.25) is 0 Å². The van der Waals surface area contributed by atoms with Gasteiger partial charge in [0.05, 0.1) is 12.7 Å². The predicted octanol–water partition coefficient (Wildman–Crippen LogP) is 1.08. The molecule has 0 amide bonds. The number of benzene rings is 1. The quantitative estimate of drug-likeness (QED) is 0.856.